The van der Waals surface area contributed by atoms with Gasteiger partial charge in [0, 0.05) is 50.7 Å². The molecule has 9 heteroatoms. The average molecular weight is 384 g/mol. The van der Waals surface area contributed by atoms with E-state index in [1.165, 1.54) is 6.26 Å². The molecule has 1 atom stereocenters. The van der Waals surface area contributed by atoms with Gasteiger partial charge in [0.2, 0.25) is 0 Å². The van der Waals surface area contributed by atoms with Crippen molar-refractivity contribution in [2.45, 2.75) is 25.9 Å². The van der Waals surface area contributed by atoms with Gasteiger partial charge in [0.05, 0.1) is 19.0 Å². The minimum absolute atomic E-state index is 0.00328. The highest BCUT2D eigenvalue weighted by Crippen LogP contribution is 2.18. The fourth-order valence-electron chi connectivity index (χ4n) is 2.70. The van der Waals surface area contributed by atoms with Gasteiger partial charge < -0.3 is 20.3 Å². The Kier molecular flexibility index (Phi) is 7.65. The van der Waals surface area contributed by atoms with Gasteiger partial charge in [-0.25, -0.2) is 13.4 Å². The monoisotopic (exact) mass is 383 g/mol. The zero-order valence-corrected chi connectivity index (χ0v) is 16.6. The maximum atomic E-state index is 11.3. The van der Waals surface area contributed by atoms with Crippen molar-refractivity contribution in [1.29, 1.82) is 0 Å². The van der Waals surface area contributed by atoms with Gasteiger partial charge in [-0.3, -0.25) is 4.99 Å². The largest absolute Gasteiger partial charge is 0.378 e. The van der Waals surface area contributed by atoms with Crippen LogP contribution in [-0.4, -0.2) is 70.8 Å². The van der Waals surface area contributed by atoms with Crippen LogP contribution in [0.4, 0.5) is 5.82 Å². The molecule has 1 unspecified atom stereocenters. The number of aliphatic imine (C=N–C) groups is 1. The molecule has 2 N–H and O–H groups in total. The van der Waals surface area contributed by atoms with Crippen LogP contribution in [0.3, 0.4) is 0 Å². The predicted octanol–water partition coefficient (Wildman–Crippen LogP) is 0.406. The van der Waals surface area contributed by atoms with Crippen molar-refractivity contribution in [1.82, 2.24) is 15.6 Å². The predicted molar refractivity (Wildman–Crippen MR) is 104 cm³/mol. The number of morpholine rings is 1. The fraction of sp³-hybridized carbons (Fsp3) is 0.647. The number of hydrogen-bond acceptors (Lipinski definition) is 6. The fourth-order valence-corrected chi connectivity index (χ4v) is 3.48. The van der Waals surface area contributed by atoms with Crippen LogP contribution < -0.4 is 15.5 Å². The van der Waals surface area contributed by atoms with Crippen molar-refractivity contribution in [2.75, 3.05) is 50.3 Å². The van der Waals surface area contributed by atoms with E-state index in [1.807, 2.05) is 19.1 Å². The van der Waals surface area contributed by atoms with Gasteiger partial charge in [-0.05, 0) is 19.4 Å². The first kappa shape index (κ1) is 20.4. The Labute approximate surface area is 156 Å². The van der Waals surface area contributed by atoms with Crippen LogP contribution in [0.15, 0.2) is 23.3 Å². The van der Waals surface area contributed by atoms with Gasteiger partial charge in [-0.15, -0.1) is 0 Å². The molecular formula is C17H29N5O3S. The quantitative estimate of drug-likeness (QED) is 0.520. The van der Waals surface area contributed by atoms with Crippen molar-refractivity contribution in [3.05, 3.63) is 23.9 Å². The summed E-state index contributed by atoms with van der Waals surface area (Å²) in [5, 5.41) is 6.51. The molecule has 0 spiro atoms. The molecule has 2 heterocycles. The molecular weight excluding hydrogens is 354 g/mol. The first-order chi connectivity index (χ1) is 12.4. The van der Waals surface area contributed by atoms with Crippen LogP contribution in [-0.2, 0) is 21.1 Å². The number of nitrogens with zero attached hydrogens (tertiary/aromatic N) is 3. The molecule has 0 bridgehead atoms. The number of hydrogen-bond donors (Lipinski definition) is 2. The molecule has 2 rings (SSSR count). The summed E-state index contributed by atoms with van der Waals surface area (Å²) in [6, 6.07) is 3.97. The molecule has 1 aliphatic rings. The lowest BCUT2D eigenvalue weighted by atomic mass is 10.2. The van der Waals surface area contributed by atoms with Crippen LogP contribution in [0.25, 0.3) is 0 Å². The Morgan fingerprint density at radius 3 is 2.81 bits per heavy atom. The number of sulfone groups is 1. The maximum absolute atomic E-state index is 11.3. The molecule has 1 saturated heterocycles. The Hall–Kier alpha value is -1.87. The zero-order chi connectivity index (χ0) is 19.0. The van der Waals surface area contributed by atoms with Gasteiger partial charge in [0.1, 0.15) is 15.7 Å². The second-order valence-electron chi connectivity index (χ2n) is 6.48. The number of ether oxygens (including phenoxy) is 1. The lowest BCUT2D eigenvalue weighted by Gasteiger charge is -2.29. The Bertz CT molecular complexity index is 702. The van der Waals surface area contributed by atoms with Crippen LogP contribution in [0, 0.1) is 0 Å². The third kappa shape index (κ3) is 6.80. The molecule has 0 saturated carbocycles. The van der Waals surface area contributed by atoms with E-state index in [0.29, 0.717) is 32.1 Å². The van der Waals surface area contributed by atoms with E-state index in [1.54, 1.807) is 13.2 Å². The minimum Gasteiger partial charge on any atom is -0.378 e. The lowest BCUT2D eigenvalue weighted by molar-refractivity contribution is 0.122. The molecule has 1 aliphatic heterocycles. The Morgan fingerprint density at radius 2 is 2.15 bits per heavy atom. The van der Waals surface area contributed by atoms with E-state index in [4.69, 9.17) is 4.74 Å². The van der Waals surface area contributed by atoms with Gasteiger partial charge >= 0.3 is 0 Å². The highest BCUT2D eigenvalue weighted by atomic mass is 32.2. The number of anilines is 1. The number of rotatable bonds is 7. The average Bonchev–Trinajstić information content (AvgIpc) is 2.64. The van der Waals surface area contributed by atoms with Crippen molar-refractivity contribution < 1.29 is 13.2 Å². The molecule has 0 aromatic carbocycles. The third-order valence-corrected chi connectivity index (χ3v) is 5.13. The molecule has 0 amide bonds. The summed E-state index contributed by atoms with van der Waals surface area (Å²) >= 11 is 0. The third-order valence-electron chi connectivity index (χ3n) is 4.15. The molecule has 8 nitrogen and oxygen atoms in total. The molecule has 0 radical (unpaired) electrons. The van der Waals surface area contributed by atoms with Crippen molar-refractivity contribution in [3.8, 4) is 0 Å². The Morgan fingerprint density at radius 1 is 1.42 bits per heavy atom. The molecule has 146 valence electrons. The van der Waals surface area contributed by atoms with Crippen LogP contribution in [0.5, 0.6) is 0 Å². The summed E-state index contributed by atoms with van der Waals surface area (Å²) in [4.78, 5) is 11.0. The summed E-state index contributed by atoms with van der Waals surface area (Å²) in [5.41, 5.74) is 1.08. The van der Waals surface area contributed by atoms with Crippen LogP contribution in [0.2, 0.25) is 0 Å². The molecule has 1 aromatic rings. The van der Waals surface area contributed by atoms with Gasteiger partial charge in [-0.1, -0.05) is 6.07 Å². The van der Waals surface area contributed by atoms with E-state index in [0.717, 1.165) is 24.5 Å². The second-order valence-corrected chi connectivity index (χ2v) is 8.74. The molecule has 1 fully saturated rings. The van der Waals surface area contributed by atoms with Crippen LogP contribution >= 0.6 is 0 Å². The van der Waals surface area contributed by atoms with Gasteiger partial charge in [0.15, 0.2) is 5.96 Å². The minimum atomic E-state index is -2.96. The van der Waals surface area contributed by atoms with Gasteiger partial charge in [-0.2, -0.15) is 0 Å². The SMILES string of the molecule is CN=C(NCc1cccnc1N1CCOCC1)NC(C)CCS(C)(=O)=O. The molecule has 1 aromatic heterocycles. The summed E-state index contributed by atoms with van der Waals surface area (Å²) in [5.74, 6) is 1.76. The van der Waals surface area contributed by atoms with E-state index in [-0.39, 0.29) is 11.8 Å². The highest BCUT2D eigenvalue weighted by Gasteiger charge is 2.16. The summed E-state index contributed by atoms with van der Waals surface area (Å²) in [7, 11) is -1.26. The lowest BCUT2D eigenvalue weighted by Crippen LogP contribution is -2.43. The Balaban J connectivity index is 1.92. The topological polar surface area (TPSA) is 95.9 Å². The molecule has 0 aliphatic carbocycles. The van der Waals surface area contributed by atoms with E-state index >= 15 is 0 Å². The number of nitrogens with one attached hydrogen (secondary N) is 2. The van der Waals surface area contributed by atoms with Crippen molar-refractivity contribution in [3.63, 3.8) is 0 Å². The smallest absolute Gasteiger partial charge is 0.191 e. The molecule has 26 heavy (non-hydrogen) atoms. The van der Waals surface area contributed by atoms with E-state index in [2.05, 4.69) is 25.5 Å². The highest BCUT2D eigenvalue weighted by molar-refractivity contribution is 7.90. The number of pyridine rings is 1. The van der Waals surface area contributed by atoms with Crippen molar-refractivity contribution in [2.24, 2.45) is 4.99 Å². The summed E-state index contributed by atoms with van der Waals surface area (Å²) in [6.45, 7) is 5.62. The normalized spacial score (nSPS) is 17.0. The number of aromatic nitrogens is 1. The number of guanidine groups is 1. The van der Waals surface area contributed by atoms with E-state index < -0.39 is 9.84 Å². The standard InChI is InChI=1S/C17H29N5O3S/c1-14(6-12-26(3,23)24)21-17(18-2)20-13-15-5-4-7-19-16(15)22-8-10-25-11-9-22/h4-5,7,14H,6,8-13H2,1-3H3,(H2,18,20,21). The summed E-state index contributed by atoms with van der Waals surface area (Å²) in [6.07, 6.45) is 3.59. The first-order valence-electron chi connectivity index (χ1n) is 8.80. The summed E-state index contributed by atoms with van der Waals surface area (Å²) < 4.78 is 28.0. The second kappa shape index (κ2) is 9.72. The zero-order valence-electron chi connectivity index (χ0n) is 15.7. The van der Waals surface area contributed by atoms with E-state index in [9.17, 15) is 8.42 Å². The van der Waals surface area contributed by atoms with Gasteiger partial charge in [0.25, 0.3) is 0 Å². The maximum Gasteiger partial charge on any atom is 0.191 e. The van der Waals surface area contributed by atoms with Crippen molar-refractivity contribution >= 4 is 21.6 Å². The van der Waals surface area contributed by atoms with Crippen LogP contribution in [0.1, 0.15) is 18.9 Å². The first-order valence-corrected chi connectivity index (χ1v) is 10.9.